The molecule has 0 rings (SSSR count). The molecule has 0 aliphatic heterocycles. The zero-order valence-electron chi connectivity index (χ0n) is 5.80. The minimum Gasteiger partial charge on any atom is -0.461 e. The van der Waals surface area contributed by atoms with Crippen LogP contribution < -0.4 is 5.32 Å². The third-order valence-corrected chi connectivity index (χ3v) is 1.79. The van der Waals surface area contributed by atoms with Gasteiger partial charge in [-0.25, -0.2) is 4.79 Å². The molecule has 0 aliphatic carbocycles. The molecule has 0 aromatic heterocycles. The van der Waals surface area contributed by atoms with E-state index < -0.39 is 0 Å². The van der Waals surface area contributed by atoms with Gasteiger partial charge in [-0.15, -0.1) is 0 Å². The summed E-state index contributed by atoms with van der Waals surface area (Å²) in [5, 5.41) is 2.76. The van der Waals surface area contributed by atoms with Crippen molar-refractivity contribution in [2.75, 3.05) is 14.2 Å². The summed E-state index contributed by atoms with van der Waals surface area (Å²) in [4.78, 5) is 10.5. The minimum atomic E-state index is -0.253. The molecule has 0 saturated carbocycles. The minimum absolute atomic E-state index is 0.123. The highest BCUT2D eigenvalue weighted by Gasteiger charge is 2.05. The lowest BCUT2D eigenvalue weighted by molar-refractivity contribution is 0.200. The van der Waals surface area contributed by atoms with Crippen molar-refractivity contribution in [2.24, 2.45) is 0 Å². The van der Waals surface area contributed by atoms with Crippen LogP contribution >= 0.6 is 11.8 Å². The molecule has 1 atom stereocenters. The summed E-state index contributed by atoms with van der Waals surface area (Å²) in [6, 6.07) is 0. The lowest BCUT2D eigenvalue weighted by atomic mass is 10.8. The molecular weight excluding hydrogens is 138 g/mol. The zero-order valence-corrected chi connectivity index (χ0v) is 6.62. The van der Waals surface area contributed by atoms with Gasteiger partial charge in [-0.05, 0) is 25.7 Å². The van der Waals surface area contributed by atoms with Crippen LogP contribution in [0, 0.1) is 0 Å². The Hall–Kier alpha value is -0.220. The Kier molecular flexibility index (Phi) is 4.53. The van der Waals surface area contributed by atoms with Gasteiger partial charge in [-0.1, -0.05) is 0 Å². The molecule has 0 aromatic carbocycles. The van der Waals surface area contributed by atoms with Crippen molar-refractivity contribution in [2.45, 2.75) is 12.3 Å². The summed E-state index contributed by atoms with van der Waals surface area (Å²) >= 11 is 1.13. The molecule has 0 saturated heterocycles. The lowest BCUT2D eigenvalue weighted by Gasteiger charge is -2.05. The lowest BCUT2D eigenvalue weighted by Crippen LogP contribution is -2.18. The summed E-state index contributed by atoms with van der Waals surface area (Å²) in [6.07, 6.45) is 0. The number of ether oxygens (including phenoxy) is 1. The van der Waals surface area contributed by atoms with E-state index >= 15 is 0 Å². The molecule has 0 amide bonds. The molecular formula is C5H11NO2S. The quantitative estimate of drug-likeness (QED) is 0.470. The van der Waals surface area contributed by atoms with Crippen LogP contribution in [0.1, 0.15) is 6.92 Å². The summed E-state index contributed by atoms with van der Waals surface area (Å²) < 4.78 is 4.41. The first-order valence-corrected chi connectivity index (χ1v) is 3.50. The van der Waals surface area contributed by atoms with Crippen molar-refractivity contribution in [3.8, 4) is 0 Å². The van der Waals surface area contributed by atoms with Crippen LogP contribution in [0.25, 0.3) is 0 Å². The van der Waals surface area contributed by atoms with Crippen LogP contribution in [0.2, 0.25) is 0 Å². The third kappa shape index (κ3) is 4.29. The molecule has 0 bridgehead atoms. The van der Waals surface area contributed by atoms with Gasteiger partial charge in [0.05, 0.1) is 12.5 Å². The number of thioether (sulfide) groups is 1. The van der Waals surface area contributed by atoms with Crippen LogP contribution in [-0.2, 0) is 4.74 Å². The van der Waals surface area contributed by atoms with Crippen molar-refractivity contribution in [3.05, 3.63) is 0 Å². The van der Waals surface area contributed by atoms with Crippen LogP contribution in [-0.4, -0.2) is 24.8 Å². The molecule has 0 heterocycles. The maximum atomic E-state index is 10.5. The van der Waals surface area contributed by atoms with Gasteiger partial charge in [-0.2, -0.15) is 0 Å². The zero-order chi connectivity index (χ0) is 7.28. The van der Waals surface area contributed by atoms with Gasteiger partial charge in [0.25, 0.3) is 0 Å². The van der Waals surface area contributed by atoms with Crippen molar-refractivity contribution in [3.63, 3.8) is 0 Å². The number of hydrogen-bond acceptors (Lipinski definition) is 4. The summed E-state index contributed by atoms with van der Waals surface area (Å²) in [5.41, 5.74) is 0. The normalized spacial score (nSPS) is 12.8. The van der Waals surface area contributed by atoms with E-state index in [2.05, 4.69) is 10.1 Å². The average Bonchev–Trinajstić information content (AvgIpc) is 1.87. The largest absolute Gasteiger partial charge is 0.461 e. The maximum absolute atomic E-state index is 10.5. The summed E-state index contributed by atoms with van der Waals surface area (Å²) in [6.45, 7) is 1.89. The average molecular weight is 149 g/mol. The number of carbonyl (C=O) groups excluding carboxylic acids is 1. The van der Waals surface area contributed by atoms with Crippen molar-refractivity contribution >= 4 is 17.1 Å². The van der Waals surface area contributed by atoms with Crippen LogP contribution in [0.5, 0.6) is 0 Å². The molecule has 9 heavy (non-hydrogen) atoms. The summed E-state index contributed by atoms with van der Waals surface area (Å²) in [7, 11) is 3.16. The fourth-order valence-corrected chi connectivity index (χ4v) is 0.754. The SMILES string of the molecule is CNC(C)SC(=O)OC. The molecule has 1 unspecified atom stereocenters. The number of hydrogen-bond donors (Lipinski definition) is 1. The van der Waals surface area contributed by atoms with Gasteiger partial charge >= 0.3 is 5.30 Å². The highest BCUT2D eigenvalue weighted by Crippen LogP contribution is 2.08. The number of rotatable bonds is 2. The van der Waals surface area contributed by atoms with Crippen molar-refractivity contribution in [1.82, 2.24) is 5.32 Å². The Bertz CT molecular complexity index is 97.0. The topological polar surface area (TPSA) is 38.3 Å². The second kappa shape index (κ2) is 4.64. The van der Waals surface area contributed by atoms with Crippen molar-refractivity contribution in [1.29, 1.82) is 0 Å². The van der Waals surface area contributed by atoms with E-state index in [0.717, 1.165) is 11.8 Å². The predicted octanol–water partition coefficient (Wildman–Crippen LogP) is 1.05. The molecule has 54 valence electrons. The van der Waals surface area contributed by atoms with Gasteiger partial charge in [0.2, 0.25) is 0 Å². The smallest absolute Gasteiger partial charge is 0.368 e. The fourth-order valence-electron chi connectivity index (χ4n) is 0.251. The van der Waals surface area contributed by atoms with E-state index in [0.29, 0.717) is 0 Å². The number of methoxy groups -OCH3 is 1. The standard InChI is InChI=1S/C5H11NO2S/c1-4(6-2)9-5(7)8-3/h4,6H,1-3H3. The molecule has 0 spiro atoms. The monoisotopic (exact) mass is 149 g/mol. The van der Waals surface area contributed by atoms with Gasteiger partial charge < -0.3 is 10.1 Å². The second-order valence-electron chi connectivity index (χ2n) is 1.50. The Morgan fingerprint density at radius 3 is 2.67 bits per heavy atom. The van der Waals surface area contributed by atoms with Crippen LogP contribution in [0.15, 0.2) is 0 Å². The Balaban J connectivity index is 3.34. The number of nitrogens with one attached hydrogen (secondary N) is 1. The first-order valence-electron chi connectivity index (χ1n) is 2.62. The first kappa shape index (κ1) is 8.78. The van der Waals surface area contributed by atoms with Gasteiger partial charge in [0.1, 0.15) is 0 Å². The van der Waals surface area contributed by atoms with Gasteiger partial charge in [0.15, 0.2) is 0 Å². The van der Waals surface area contributed by atoms with E-state index in [1.54, 1.807) is 7.05 Å². The molecule has 0 radical (unpaired) electrons. The van der Waals surface area contributed by atoms with E-state index in [1.807, 2.05) is 6.92 Å². The van der Waals surface area contributed by atoms with E-state index in [9.17, 15) is 4.79 Å². The van der Waals surface area contributed by atoms with Gasteiger partial charge in [0, 0.05) is 0 Å². The second-order valence-corrected chi connectivity index (χ2v) is 2.78. The fraction of sp³-hybridized carbons (Fsp3) is 0.800. The highest BCUT2D eigenvalue weighted by molar-refractivity contribution is 8.13. The summed E-state index contributed by atoms with van der Waals surface area (Å²) in [5.74, 6) is 0. The molecule has 4 heteroatoms. The van der Waals surface area contributed by atoms with Gasteiger partial charge in [-0.3, -0.25) is 0 Å². The molecule has 0 fully saturated rings. The van der Waals surface area contributed by atoms with E-state index in [1.165, 1.54) is 7.11 Å². The van der Waals surface area contributed by atoms with E-state index in [-0.39, 0.29) is 10.7 Å². The predicted molar refractivity (Wildman–Crippen MR) is 38.5 cm³/mol. The highest BCUT2D eigenvalue weighted by atomic mass is 32.2. The molecule has 0 aromatic rings. The number of carbonyl (C=O) groups is 1. The maximum Gasteiger partial charge on any atom is 0.368 e. The van der Waals surface area contributed by atoms with E-state index in [4.69, 9.17) is 0 Å². The van der Waals surface area contributed by atoms with Crippen LogP contribution in [0.4, 0.5) is 4.79 Å². The Morgan fingerprint density at radius 2 is 2.33 bits per heavy atom. The molecule has 1 N–H and O–H groups in total. The third-order valence-electron chi connectivity index (χ3n) is 0.846. The van der Waals surface area contributed by atoms with Crippen molar-refractivity contribution < 1.29 is 9.53 Å². The Labute approximate surface area is 59.1 Å². The molecule has 3 nitrogen and oxygen atoms in total. The van der Waals surface area contributed by atoms with Crippen LogP contribution in [0.3, 0.4) is 0 Å². The first-order chi connectivity index (χ1) is 4.20. The Morgan fingerprint density at radius 1 is 1.78 bits per heavy atom. The molecule has 0 aliphatic rings.